The van der Waals surface area contributed by atoms with Gasteiger partial charge in [-0.05, 0) is 37.6 Å². The summed E-state index contributed by atoms with van der Waals surface area (Å²) >= 11 is 0. The van der Waals surface area contributed by atoms with Gasteiger partial charge < -0.3 is 28.6 Å². The Balaban J connectivity index is 0.987. The zero-order valence-corrected chi connectivity index (χ0v) is 28.9. The molecule has 15 nitrogen and oxygen atoms in total. The molecule has 1 N–H and O–H groups in total. The van der Waals surface area contributed by atoms with E-state index in [0.29, 0.717) is 38.6 Å². The molecule has 2 aliphatic heterocycles. The highest BCUT2D eigenvalue weighted by Crippen LogP contribution is 2.32. The maximum Gasteiger partial charge on any atom is 0.297 e. The number of sulfone groups is 1. The first-order valence-corrected chi connectivity index (χ1v) is 18.9. The van der Waals surface area contributed by atoms with Gasteiger partial charge in [-0.2, -0.15) is 8.42 Å². The van der Waals surface area contributed by atoms with Gasteiger partial charge in [0.1, 0.15) is 6.04 Å². The maximum atomic E-state index is 13.1. The minimum Gasteiger partial charge on any atom is -0.378 e. The number of hydrogen-bond acceptors (Lipinski definition) is 13. The summed E-state index contributed by atoms with van der Waals surface area (Å²) in [6.45, 7) is 4.08. The normalized spacial score (nSPS) is 16.6. The van der Waals surface area contributed by atoms with E-state index in [1.807, 2.05) is 6.92 Å². The lowest BCUT2D eigenvalue weighted by molar-refractivity contribution is -0.136. The molecule has 2 heterocycles. The topological polar surface area (TPSA) is 190 Å². The van der Waals surface area contributed by atoms with Crippen LogP contribution in [0.5, 0.6) is 0 Å². The zero-order valence-electron chi connectivity index (χ0n) is 27.3. The molecule has 0 spiro atoms. The molecule has 0 radical (unpaired) electrons. The minimum absolute atomic E-state index is 0.0263. The Kier molecular flexibility index (Phi) is 14.6. The second-order valence-corrected chi connectivity index (χ2v) is 14.8. The minimum atomic E-state index is -3.81. The molecule has 4 rings (SSSR count). The Morgan fingerprint density at radius 1 is 0.735 bits per heavy atom. The van der Waals surface area contributed by atoms with Crippen molar-refractivity contribution in [1.29, 1.82) is 0 Å². The van der Waals surface area contributed by atoms with E-state index >= 15 is 0 Å². The SMILES string of the molecule is Cc1ccc(S(=O)(=O)OCCOCCOCCOCCOCCOCCS(=O)(=O)c2cccc3c2CN(C2CCC(=O)NC2=O)C3=O)cc1. The number of piperidine rings is 1. The van der Waals surface area contributed by atoms with Gasteiger partial charge in [0.25, 0.3) is 16.0 Å². The number of amides is 3. The molecule has 0 aromatic heterocycles. The van der Waals surface area contributed by atoms with Gasteiger partial charge in [-0.3, -0.25) is 23.9 Å². The van der Waals surface area contributed by atoms with Crippen molar-refractivity contribution in [3.63, 3.8) is 0 Å². The van der Waals surface area contributed by atoms with E-state index < -0.39 is 43.7 Å². The summed E-state index contributed by atoms with van der Waals surface area (Å²) in [5.41, 5.74) is 1.53. The van der Waals surface area contributed by atoms with Crippen LogP contribution in [0.1, 0.15) is 34.3 Å². The summed E-state index contributed by atoms with van der Waals surface area (Å²) in [7, 11) is -7.60. The smallest absolute Gasteiger partial charge is 0.297 e. The van der Waals surface area contributed by atoms with E-state index in [9.17, 15) is 31.2 Å². The van der Waals surface area contributed by atoms with E-state index in [4.69, 9.17) is 27.9 Å². The molecule has 2 aromatic carbocycles. The molecule has 0 bridgehead atoms. The van der Waals surface area contributed by atoms with Crippen molar-refractivity contribution < 1.29 is 59.1 Å². The van der Waals surface area contributed by atoms with Crippen LogP contribution >= 0.6 is 0 Å². The van der Waals surface area contributed by atoms with Gasteiger partial charge in [-0.25, -0.2) is 8.42 Å². The van der Waals surface area contributed by atoms with Gasteiger partial charge >= 0.3 is 0 Å². The number of aryl methyl sites for hydroxylation is 1. The molecule has 2 aliphatic rings. The van der Waals surface area contributed by atoms with E-state index in [1.54, 1.807) is 12.1 Å². The van der Waals surface area contributed by atoms with E-state index in [-0.39, 0.29) is 80.1 Å². The average Bonchev–Trinajstić information content (AvgIpc) is 3.40. The van der Waals surface area contributed by atoms with Crippen molar-refractivity contribution in [3.05, 3.63) is 59.2 Å². The summed E-state index contributed by atoms with van der Waals surface area (Å²) in [6.07, 6.45) is 0.293. The summed E-state index contributed by atoms with van der Waals surface area (Å²) in [5.74, 6) is -1.70. The molecule has 1 saturated heterocycles. The second-order valence-electron chi connectivity index (χ2n) is 11.2. The van der Waals surface area contributed by atoms with E-state index in [2.05, 4.69) is 5.32 Å². The largest absolute Gasteiger partial charge is 0.378 e. The van der Waals surface area contributed by atoms with E-state index in [1.165, 1.54) is 35.2 Å². The molecular weight excluding hydrogens is 684 g/mol. The van der Waals surface area contributed by atoms with Crippen molar-refractivity contribution in [2.75, 3.05) is 78.4 Å². The molecule has 1 fully saturated rings. The molecular formula is C32H42N2O13S2. The van der Waals surface area contributed by atoms with Crippen LogP contribution in [0.4, 0.5) is 0 Å². The monoisotopic (exact) mass is 726 g/mol. The Morgan fingerprint density at radius 3 is 1.86 bits per heavy atom. The van der Waals surface area contributed by atoms with Gasteiger partial charge in [0.05, 0.1) is 88.2 Å². The Labute approximate surface area is 286 Å². The van der Waals surface area contributed by atoms with Gasteiger partial charge in [0, 0.05) is 24.1 Å². The highest BCUT2D eigenvalue weighted by Gasteiger charge is 2.41. The first-order valence-electron chi connectivity index (χ1n) is 15.8. The number of fused-ring (bicyclic) bond motifs is 1. The van der Waals surface area contributed by atoms with Crippen LogP contribution in [0.2, 0.25) is 0 Å². The van der Waals surface area contributed by atoms with Crippen molar-refractivity contribution in [2.24, 2.45) is 0 Å². The fraction of sp³-hybridized carbons (Fsp3) is 0.531. The average molecular weight is 727 g/mol. The molecule has 17 heteroatoms. The van der Waals surface area contributed by atoms with Crippen molar-refractivity contribution in [3.8, 4) is 0 Å². The van der Waals surface area contributed by atoms with Crippen LogP contribution in [-0.4, -0.2) is 124 Å². The van der Waals surface area contributed by atoms with Crippen LogP contribution < -0.4 is 5.32 Å². The Morgan fingerprint density at radius 2 is 1.29 bits per heavy atom. The first-order chi connectivity index (χ1) is 23.5. The summed E-state index contributed by atoms with van der Waals surface area (Å²) in [5, 5.41) is 2.23. The Bertz CT molecular complexity index is 1650. The number of carbonyl (C=O) groups is 3. The fourth-order valence-corrected chi connectivity index (χ4v) is 7.37. The quantitative estimate of drug-likeness (QED) is 0.103. The number of rotatable bonds is 22. The molecule has 0 saturated carbocycles. The highest BCUT2D eigenvalue weighted by atomic mass is 32.2. The summed E-state index contributed by atoms with van der Waals surface area (Å²) in [4.78, 5) is 38.2. The van der Waals surface area contributed by atoms with Crippen LogP contribution in [0.3, 0.4) is 0 Å². The molecule has 1 unspecified atom stereocenters. The second kappa shape index (κ2) is 18.6. The standard InChI is InChI=1S/C32H42N2O13S2/c1-24-5-7-25(8-6-24)49(40,41)47-20-19-45-16-15-43-12-11-42-13-14-44-17-18-46-21-22-48(38,39)29-4-2-3-26-27(29)23-34(32(26)37)28-9-10-30(35)33-31(28)36/h2-8,28H,9-23H2,1H3,(H,33,35,36). The van der Waals surface area contributed by atoms with Gasteiger partial charge in [0.15, 0.2) is 9.84 Å². The maximum absolute atomic E-state index is 13.1. The fourth-order valence-electron chi connectivity index (χ4n) is 5.08. The summed E-state index contributed by atoms with van der Waals surface area (Å²) < 4.78 is 82.4. The zero-order chi connectivity index (χ0) is 35.3. The summed E-state index contributed by atoms with van der Waals surface area (Å²) in [6, 6.07) is 10.0. The van der Waals surface area contributed by atoms with E-state index in [0.717, 1.165) is 5.56 Å². The number of nitrogens with zero attached hydrogens (tertiary/aromatic N) is 1. The molecule has 270 valence electrons. The molecule has 0 aliphatic carbocycles. The molecule has 2 aromatic rings. The lowest BCUT2D eigenvalue weighted by Crippen LogP contribution is -2.52. The predicted octanol–water partition coefficient (Wildman–Crippen LogP) is 1.02. The Hall–Kier alpha value is -3.29. The number of imide groups is 1. The molecule has 1 atom stereocenters. The molecule has 49 heavy (non-hydrogen) atoms. The predicted molar refractivity (Wildman–Crippen MR) is 173 cm³/mol. The number of benzene rings is 2. The third kappa shape index (κ3) is 11.4. The van der Waals surface area contributed by atoms with Gasteiger partial charge in [0.2, 0.25) is 11.8 Å². The van der Waals surface area contributed by atoms with Gasteiger partial charge in [-0.1, -0.05) is 23.8 Å². The first kappa shape index (κ1) is 38.5. The number of carbonyl (C=O) groups excluding carboxylic acids is 3. The third-order valence-electron chi connectivity index (χ3n) is 7.63. The van der Waals surface area contributed by atoms with Crippen LogP contribution in [0.15, 0.2) is 52.3 Å². The van der Waals surface area contributed by atoms with Crippen molar-refractivity contribution in [1.82, 2.24) is 10.2 Å². The van der Waals surface area contributed by atoms with Crippen molar-refractivity contribution in [2.45, 2.75) is 42.1 Å². The van der Waals surface area contributed by atoms with Crippen molar-refractivity contribution >= 4 is 37.7 Å². The lowest BCUT2D eigenvalue weighted by Gasteiger charge is -2.29. The number of nitrogens with one attached hydrogen (secondary N) is 1. The molecule has 3 amide bonds. The van der Waals surface area contributed by atoms with Crippen LogP contribution in [-0.2, 0) is 64.0 Å². The highest BCUT2D eigenvalue weighted by molar-refractivity contribution is 7.91. The van der Waals surface area contributed by atoms with Crippen LogP contribution in [0.25, 0.3) is 0 Å². The number of ether oxygens (including phenoxy) is 5. The number of hydrogen-bond donors (Lipinski definition) is 1. The lowest BCUT2D eigenvalue weighted by atomic mass is 10.0. The van der Waals surface area contributed by atoms with Gasteiger partial charge in [-0.15, -0.1) is 0 Å². The van der Waals surface area contributed by atoms with Crippen LogP contribution in [0, 0.1) is 6.92 Å². The third-order valence-corrected chi connectivity index (χ3v) is 10.7.